The number of hydrogen-bond donors (Lipinski definition) is 0. The second-order valence-electron chi connectivity index (χ2n) is 4.56. The van der Waals surface area contributed by atoms with Gasteiger partial charge in [-0.2, -0.15) is 0 Å². The van der Waals surface area contributed by atoms with Gasteiger partial charge >= 0.3 is 5.97 Å². The van der Waals surface area contributed by atoms with E-state index >= 15 is 0 Å². The summed E-state index contributed by atoms with van der Waals surface area (Å²) in [5, 5.41) is 0. The van der Waals surface area contributed by atoms with Gasteiger partial charge in [-0.15, -0.1) is 0 Å². The van der Waals surface area contributed by atoms with Crippen LogP contribution in [0, 0.1) is 12.8 Å². The number of aryl methyl sites for hydroxylation is 1. The second kappa shape index (κ2) is 5.86. The summed E-state index contributed by atoms with van der Waals surface area (Å²) >= 11 is 0. The van der Waals surface area contributed by atoms with Gasteiger partial charge in [-0.05, 0) is 19.8 Å². The monoisotopic (exact) mass is 266 g/mol. The Morgan fingerprint density at radius 3 is 2.68 bits per heavy atom. The zero-order chi connectivity index (χ0) is 13.8. The van der Waals surface area contributed by atoms with Crippen LogP contribution in [0.15, 0.2) is 10.6 Å². The quantitative estimate of drug-likeness (QED) is 0.773. The van der Waals surface area contributed by atoms with E-state index in [9.17, 15) is 9.59 Å². The van der Waals surface area contributed by atoms with Crippen LogP contribution in [0.5, 0.6) is 0 Å². The van der Waals surface area contributed by atoms with Crippen LogP contribution in [0.4, 0.5) is 0 Å². The van der Waals surface area contributed by atoms with Crippen LogP contribution >= 0.6 is 0 Å². The largest absolute Gasteiger partial charge is 0.466 e. The maximum Gasteiger partial charge on any atom is 0.309 e. The van der Waals surface area contributed by atoms with Crippen LogP contribution in [0.25, 0.3) is 0 Å². The van der Waals surface area contributed by atoms with Gasteiger partial charge in [0.25, 0.3) is 5.91 Å². The van der Waals surface area contributed by atoms with Gasteiger partial charge in [-0.25, -0.2) is 4.98 Å². The highest BCUT2D eigenvalue weighted by molar-refractivity contribution is 5.91. The molecule has 0 spiro atoms. The van der Waals surface area contributed by atoms with Crippen molar-refractivity contribution in [3.8, 4) is 0 Å². The number of likely N-dealkylation sites (tertiary alicyclic amines) is 1. The zero-order valence-electron chi connectivity index (χ0n) is 11.2. The van der Waals surface area contributed by atoms with Gasteiger partial charge in [0, 0.05) is 20.0 Å². The Bertz CT molecular complexity index is 461. The topological polar surface area (TPSA) is 72.6 Å². The number of hydrogen-bond acceptors (Lipinski definition) is 5. The van der Waals surface area contributed by atoms with E-state index in [1.807, 2.05) is 0 Å². The lowest BCUT2D eigenvalue weighted by Gasteiger charge is -2.30. The Kier molecular flexibility index (Phi) is 4.19. The summed E-state index contributed by atoms with van der Waals surface area (Å²) < 4.78 is 10.2. The van der Waals surface area contributed by atoms with Crippen molar-refractivity contribution in [3.63, 3.8) is 0 Å². The third kappa shape index (κ3) is 3.13. The van der Waals surface area contributed by atoms with Crippen molar-refractivity contribution in [1.82, 2.24) is 9.88 Å². The Morgan fingerprint density at radius 1 is 1.47 bits per heavy atom. The van der Waals surface area contributed by atoms with Gasteiger partial charge in [0.05, 0.1) is 18.7 Å². The highest BCUT2D eigenvalue weighted by atomic mass is 16.5. The lowest BCUT2D eigenvalue weighted by molar-refractivity contribution is -0.149. The highest BCUT2D eigenvalue weighted by Gasteiger charge is 2.29. The average Bonchev–Trinajstić information content (AvgIpc) is 2.85. The van der Waals surface area contributed by atoms with Gasteiger partial charge in [0.15, 0.2) is 5.89 Å². The Morgan fingerprint density at radius 2 is 2.16 bits per heavy atom. The first-order chi connectivity index (χ1) is 9.11. The van der Waals surface area contributed by atoms with Crippen molar-refractivity contribution in [2.24, 2.45) is 5.92 Å². The molecule has 0 bridgehead atoms. The Labute approximate surface area is 111 Å². The molecule has 0 saturated carbocycles. The van der Waals surface area contributed by atoms with Gasteiger partial charge in [0.1, 0.15) is 0 Å². The molecule has 6 nitrogen and oxygen atoms in total. The molecule has 0 radical (unpaired) electrons. The van der Waals surface area contributed by atoms with Crippen molar-refractivity contribution < 1.29 is 18.7 Å². The fraction of sp³-hybridized carbons (Fsp3) is 0.615. The van der Waals surface area contributed by atoms with Crippen LogP contribution in [0.1, 0.15) is 36.2 Å². The average molecular weight is 266 g/mol. The second-order valence-corrected chi connectivity index (χ2v) is 4.56. The molecule has 1 aliphatic heterocycles. The molecule has 104 valence electrons. The van der Waals surface area contributed by atoms with E-state index < -0.39 is 0 Å². The number of carbonyl (C=O) groups is 2. The predicted octanol–water partition coefficient (Wildman–Crippen LogP) is 1.40. The highest BCUT2D eigenvalue weighted by Crippen LogP contribution is 2.20. The maximum atomic E-state index is 12.1. The first-order valence-corrected chi connectivity index (χ1v) is 6.50. The molecule has 0 aromatic carbocycles. The summed E-state index contributed by atoms with van der Waals surface area (Å²) in [7, 11) is 0. The molecule has 1 aromatic heterocycles. The molecule has 19 heavy (non-hydrogen) atoms. The lowest BCUT2D eigenvalue weighted by Crippen LogP contribution is -2.40. The smallest absolute Gasteiger partial charge is 0.309 e. The van der Waals surface area contributed by atoms with Gasteiger partial charge in [-0.1, -0.05) is 0 Å². The first-order valence-electron chi connectivity index (χ1n) is 6.50. The summed E-state index contributed by atoms with van der Waals surface area (Å²) in [5.74, 6) is 0.310. The molecule has 0 aliphatic carbocycles. The minimum atomic E-state index is -0.164. The molecule has 1 aliphatic rings. The fourth-order valence-electron chi connectivity index (χ4n) is 2.19. The van der Waals surface area contributed by atoms with E-state index in [2.05, 4.69) is 4.98 Å². The maximum absolute atomic E-state index is 12.1. The third-order valence-corrected chi connectivity index (χ3v) is 3.23. The number of oxazole rings is 1. The number of carbonyl (C=O) groups excluding carboxylic acids is 2. The lowest BCUT2D eigenvalue weighted by atomic mass is 9.97. The van der Waals surface area contributed by atoms with E-state index in [4.69, 9.17) is 9.15 Å². The van der Waals surface area contributed by atoms with Crippen molar-refractivity contribution in [3.05, 3.63) is 17.8 Å². The SMILES string of the molecule is CCOC(=O)C1CCN(C(=O)c2cnc(C)o2)CC1. The van der Waals surface area contributed by atoms with Crippen molar-refractivity contribution in [2.75, 3.05) is 19.7 Å². The van der Waals surface area contributed by atoms with E-state index in [-0.39, 0.29) is 23.6 Å². The molecule has 0 atom stereocenters. The van der Waals surface area contributed by atoms with E-state index in [1.165, 1.54) is 6.20 Å². The standard InChI is InChI=1S/C13H18N2O4/c1-3-18-13(17)10-4-6-15(7-5-10)12(16)11-8-14-9(2)19-11/h8,10H,3-7H2,1-2H3. The molecular weight excluding hydrogens is 248 g/mol. The normalized spacial score (nSPS) is 16.4. The number of nitrogens with zero attached hydrogens (tertiary/aromatic N) is 2. The third-order valence-electron chi connectivity index (χ3n) is 3.23. The molecule has 2 rings (SSSR count). The summed E-state index contributed by atoms with van der Waals surface area (Å²) in [6.45, 7) is 4.98. The van der Waals surface area contributed by atoms with Gasteiger partial charge < -0.3 is 14.1 Å². The molecule has 1 fully saturated rings. The van der Waals surface area contributed by atoms with Crippen molar-refractivity contribution in [1.29, 1.82) is 0 Å². The number of amides is 1. The molecule has 1 aromatic rings. The molecule has 0 N–H and O–H groups in total. The van der Waals surface area contributed by atoms with E-state index in [0.29, 0.717) is 38.4 Å². The molecule has 2 heterocycles. The minimum Gasteiger partial charge on any atom is -0.466 e. The Balaban J connectivity index is 1.89. The minimum absolute atomic E-state index is 0.0968. The van der Waals surface area contributed by atoms with Crippen molar-refractivity contribution >= 4 is 11.9 Å². The first kappa shape index (κ1) is 13.6. The molecule has 1 amide bonds. The molecule has 1 saturated heterocycles. The van der Waals surface area contributed by atoms with Crippen LogP contribution in [-0.4, -0.2) is 41.5 Å². The van der Waals surface area contributed by atoms with Crippen molar-refractivity contribution in [2.45, 2.75) is 26.7 Å². The van der Waals surface area contributed by atoms with Crippen LogP contribution < -0.4 is 0 Å². The number of ether oxygens (including phenoxy) is 1. The van der Waals surface area contributed by atoms with Crippen LogP contribution in [0.3, 0.4) is 0 Å². The van der Waals surface area contributed by atoms with Crippen LogP contribution in [0.2, 0.25) is 0 Å². The Hall–Kier alpha value is -1.85. The zero-order valence-corrected chi connectivity index (χ0v) is 11.2. The van der Waals surface area contributed by atoms with Gasteiger partial charge in [-0.3, -0.25) is 9.59 Å². The van der Waals surface area contributed by atoms with Crippen LogP contribution in [-0.2, 0) is 9.53 Å². The number of esters is 1. The van der Waals surface area contributed by atoms with E-state index in [1.54, 1.807) is 18.7 Å². The molecule has 0 unspecified atom stereocenters. The number of piperidine rings is 1. The molecule has 6 heteroatoms. The summed E-state index contributed by atoms with van der Waals surface area (Å²) in [6, 6.07) is 0. The summed E-state index contributed by atoms with van der Waals surface area (Å²) in [6.07, 6.45) is 2.71. The van der Waals surface area contributed by atoms with E-state index in [0.717, 1.165) is 0 Å². The summed E-state index contributed by atoms with van der Waals surface area (Å²) in [5.41, 5.74) is 0. The van der Waals surface area contributed by atoms with Gasteiger partial charge in [0.2, 0.25) is 5.76 Å². The predicted molar refractivity (Wildman–Crippen MR) is 66.5 cm³/mol. The molecular formula is C13H18N2O4. The number of aromatic nitrogens is 1. The fourth-order valence-corrected chi connectivity index (χ4v) is 2.19. The number of rotatable bonds is 3. The summed E-state index contributed by atoms with van der Waals surface area (Å²) in [4.78, 5) is 29.3.